The number of amides is 2. The second-order valence-electron chi connectivity index (χ2n) is 10.4. The van der Waals surface area contributed by atoms with Gasteiger partial charge in [0.1, 0.15) is 15.6 Å². The number of ether oxygens (including phenoxy) is 2. The molecule has 2 amide bonds. The Morgan fingerprint density at radius 1 is 1.21 bits per heavy atom. The highest BCUT2D eigenvalue weighted by molar-refractivity contribution is 9.10. The van der Waals surface area contributed by atoms with Crippen LogP contribution in [0.15, 0.2) is 22.7 Å². The molecule has 4 rings (SSSR count). The maximum absolute atomic E-state index is 13.1. The molecule has 0 aliphatic carbocycles. The van der Waals surface area contributed by atoms with Crippen LogP contribution >= 0.6 is 38.6 Å². The molecular formula is C27H35BrN4O4S2. The highest BCUT2D eigenvalue weighted by atomic mass is 79.9. The van der Waals surface area contributed by atoms with E-state index >= 15 is 0 Å². The average molecular weight is 624 g/mol. The highest BCUT2D eigenvalue weighted by Crippen LogP contribution is 2.50. The zero-order valence-electron chi connectivity index (χ0n) is 22.6. The van der Waals surface area contributed by atoms with Crippen molar-refractivity contribution in [3.05, 3.63) is 33.1 Å². The highest BCUT2D eigenvalue weighted by Gasteiger charge is 2.39. The predicted octanol–water partition coefficient (Wildman–Crippen LogP) is 6.59. The van der Waals surface area contributed by atoms with E-state index in [1.54, 1.807) is 18.4 Å². The fourth-order valence-corrected chi connectivity index (χ4v) is 7.55. The Balaban J connectivity index is 1.69. The summed E-state index contributed by atoms with van der Waals surface area (Å²) in [4.78, 5) is 33.9. The first-order valence-electron chi connectivity index (χ1n) is 12.7. The van der Waals surface area contributed by atoms with E-state index in [1.807, 2.05) is 51.7 Å². The van der Waals surface area contributed by atoms with Crippen molar-refractivity contribution >= 4 is 65.8 Å². The van der Waals surface area contributed by atoms with Crippen LogP contribution in [0.5, 0.6) is 0 Å². The summed E-state index contributed by atoms with van der Waals surface area (Å²) in [6.07, 6.45) is 0.670. The minimum atomic E-state index is -0.580. The average Bonchev–Trinajstić information content (AvgIpc) is 3.38. The Kier molecular flexibility index (Phi) is 9.14. The van der Waals surface area contributed by atoms with Crippen molar-refractivity contribution in [2.24, 2.45) is 0 Å². The van der Waals surface area contributed by atoms with Crippen LogP contribution in [0, 0.1) is 0 Å². The summed E-state index contributed by atoms with van der Waals surface area (Å²) in [5.41, 5.74) is 2.44. The van der Waals surface area contributed by atoms with E-state index in [9.17, 15) is 9.59 Å². The van der Waals surface area contributed by atoms with E-state index in [0.717, 1.165) is 40.7 Å². The summed E-state index contributed by atoms with van der Waals surface area (Å²) in [6.45, 7) is 11.6. The number of nitrogens with zero attached hydrogens (tertiary/aromatic N) is 2. The number of thiazole rings is 1. The van der Waals surface area contributed by atoms with Gasteiger partial charge in [0.25, 0.3) is 0 Å². The monoisotopic (exact) mass is 622 g/mol. The molecule has 1 aliphatic heterocycles. The Bertz CT molecular complexity index is 1320. The van der Waals surface area contributed by atoms with E-state index in [2.05, 4.69) is 32.6 Å². The van der Waals surface area contributed by atoms with Crippen molar-refractivity contribution in [1.82, 2.24) is 15.2 Å². The normalized spacial score (nSPS) is 17.5. The Hall–Kier alpha value is -2.05. The number of carbonyl (C=O) groups excluding carboxylic acids is 2. The molecule has 0 spiro atoms. The van der Waals surface area contributed by atoms with E-state index in [4.69, 9.17) is 14.5 Å². The molecule has 0 bridgehead atoms. The summed E-state index contributed by atoms with van der Waals surface area (Å²) in [7, 11) is 1.65. The standard InChI is InChI=1S/C27H35BrN4O4S2/c1-15-13-18-22(24-30-19-8-7-17(28)14-20(19)37-24)25(31-21(33)9-10-29-11-12-35-6)38-23(18)16(2)32(15)26(34)36-27(3,4)5/h7-8,14-16,29H,9-13H2,1-6H3,(H,31,33). The lowest BCUT2D eigenvalue weighted by molar-refractivity contribution is -0.116. The van der Waals surface area contributed by atoms with Crippen LogP contribution in [0.25, 0.3) is 20.8 Å². The van der Waals surface area contributed by atoms with Crippen LogP contribution < -0.4 is 10.6 Å². The van der Waals surface area contributed by atoms with Gasteiger partial charge in [-0.05, 0) is 64.8 Å². The second kappa shape index (κ2) is 12.0. The molecule has 1 aliphatic rings. The molecule has 0 radical (unpaired) electrons. The van der Waals surface area contributed by atoms with Gasteiger partial charge in [-0.1, -0.05) is 15.9 Å². The summed E-state index contributed by atoms with van der Waals surface area (Å²) >= 11 is 6.70. The van der Waals surface area contributed by atoms with Crippen molar-refractivity contribution in [1.29, 1.82) is 0 Å². The third-order valence-electron chi connectivity index (χ3n) is 6.24. The van der Waals surface area contributed by atoms with E-state index in [-0.39, 0.29) is 24.1 Å². The zero-order valence-corrected chi connectivity index (χ0v) is 25.9. The molecule has 2 aromatic heterocycles. The summed E-state index contributed by atoms with van der Waals surface area (Å²) in [5.74, 6) is -0.0664. The fourth-order valence-electron chi connectivity index (χ4n) is 4.59. The number of thiophene rings is 1. The number of halogens is 1. The SMILES string of the molecule is COCCNCCC(=O)Nc1sc2c(c1-c1nc3ccc(Br)cc3s1)CC(C)N(C(=O)OC(C)(C)C)C2C. The first-order chi connectivity index (χ1) is 18.0. The number of aromatic nitrogens is 1. The molecule has 3 heterocycles. The first kappa shape index (κ1) is 28.9. The molecule has 0 fully saturated rings. The van der Waals surface area contributed by atoms with Gasteiger partial charge in [0, 0.05) is 47.6 Å². The third kappa shape index (κ3) is 6.56. The number of rotatable bonds is 8. The maximum Gasteiger partial charge on any atom is 0.411 e. The van der Waals surface area contributed by atoms with Gasteiger partial charge in [-0.25, -0.2) is 9.78 Å². The molecule has 8 nitrogen and oxygen atoms in total. The Morgan fingerprint density at radius 2 is 1.97 bits per heavy atom. The molecule has 0 saturated heterocycles. The predicted molar refractivity (Wildman–Crippen MR) is 158 cm³/mol. The second-order valence-corrected chi connectivity index (χ2v) is 13.4. The molecule has 11 heteroatoms. The van der Waals surface area contributed by atoms with Crippen LogP contribution in [0.2, 0.25) is 0 Å². The topological polar surface area (TPSA) is 92.8 Å². The molecule has 2 atom stereocenters. The molecule has 2 unspecified atom stereocenters. The fraction of sp³-hybridized carbons (Fsp3) is 0.519. The van der Waals surface area contributed by atoms with Crippen molar-refractivity contribution in [2.45, 2.75) is 65.1 Å². The van der Waals surface area contributed by atoms with E-state index < -0.39 is 5.60 Å². The molecule has 206 valence electrons. The quantitative estimate of drug-likeness (QED) is 0.275. The van der Waals surface area contributed by atoms with Crippen LogP contribution in [-0.4, -0.2) is 60.3 Å². The van der Waals surface area contributed by atoms with Crippen molar-refractivity contribution in [2.75, 3.05) is 32.1 Å². The van der Waals surface area contributed by atoms with Crippen LogP contribution in [0.1, 0.15) is 57.5 Å². The number of nitrogens with one attached hydrogen (secondary N) is 2. The smallest absolute Gasteiger partial charge is 0.411 e. The molecule has 2 N–H and O–H groups in total. The van der Waals surface area contributed by atoms with Crippen molar-refractivity contribution < 1.29 is 19.1 Å². The molecule has 38 heavy (non-hydrogen) atoms. The largest absolute Gasteiger partial charge is 0.444 e. The van der Waals surface area contributed by atoms with Crippen LogP contribution in [0.3, 0.4) is 0 Å². The summed E-state index contributed by atoms with van der Waals surface area (Å²) in [5, 5.41) is 8.02. The van der Waals surface area contributed by atoms with Gasteiger partial charge in [0.05, 0.1) is 22.9 Å². The van der Waals surface area contributed by atoms with Crippen LogP contribution in [0.4, 0.5) is 9.80 Å². The lowest BCUT2D eigenvalue weighted by Crippen LogP contribution is -2.46. The molecule has 1 aromatic carbocycles. The summed E-state index contributed by atoms with van der Waals surface area (Å²) < 4.78 is 12.9. The lowest BCUT2D eigenvalue weighted by atomic mass is 9.93. The van der Waals surface area contributed by atoms with Gasteiger partial charge < -0.3 is 20.1 Å². The number of hydrogen-bond donors (Lipinski definition) is 2. The first-order valence-corrected chi connectivity index (χ1v) is 15.1. The van der Waals surface area contributed by atoms with E-state index in [0.29, 0.717) is 32.5 Å². The lowest BCUT2D eigenvalue weighted by Gasteiger charge is -2.39. The Labute approximate surface area is 240 Å². The molecule has 3 aromatic rings. The number of benzene rings is 1. The van der Waals surface area contributed by atoms with E-state index in [1.165, 1.54) is 11.3 Å². The Morgan fingerprint density at radius 3 is 2.68 bits per heavy atom. The van der Waals surface area contributed by atoms with Gasteiger partial charge in [-0.3, -0.25) is 9.69 Å². The van der Waals surface area contributed by atoms with Gasteiger partial charge in [0.2, 0.25) is 5.91 Å². The van der Waals surface area contributed by atoms with Gasteiger partial charge in [-0.2, -0.15) is 0 Å². The number of hydrogen-bond acceptors (Lipinski definition) is 8. The van der Waals surface area contributed by atoms with Crippen molar-refractivity contribution in [3.63, 3.8) is 0 Å². The number of fused-ring (bicyclic) bond motifs is 2. The third-order valence-corrected chi connectivity index (χ3v) is 9.09. The molecular weight excluding hydrogens is 588 g/mol. The van der Waals surface area contributed by atoms with Crippen molar-refractivity contribution in [3.8, 4) is 10.6 Å². The van der Waals surface area contributed by atoms with Gasteiger partial charge >= 0.3 is 6.09 Å². The maximum atomic E-state index is 13.1. The number of methoxy groups -OCH3 is 1. The van der Waals surface area contributed by atoms with Gasteiger partial charge in [0.15, 0.2) is 0 Å². The zero-order chi connectivity index (χ0) is 27.6. The summed E-state index contributed by atoms with van der Waals surface area (Å²) in [6, 6.07) is 5.78. The number of carbonyl (C=O) groups is 2. The van der Waals surface area contributed by atoms with Gasteiger partial charge in [-0.15, -0.1) is 22.7 Å². The molecule has 0 saturated carbocycles. The minimum absolute atomic E-state index is 0.0664. The minimum Gasteiger partial charge on any atom is -0.444 e. The van der Waals surface area contributed by atoms with Crippen LogP contribution in [-0.2, 0) is 20.7 Å². The number of anilines is 1.